The summed E-state index contributed by atoms with van der Waals surface area (Å²) < 4.78 is 27.1. The minimum absolute atomic E-state index is 0.172. The van der Waals surface area contributed by atoms with Crippen LogP contribution in [0.25, 0.3) is 0 Å². The molecule has 0 saturated carbocycles. The molecule has 3 rings (SSSR count). The highest BCUT2D eigenvalue weighted by Gasteiger charge is 2.50. The van der Waals surface area contributed by atoms with Gasteiger partial charge in [-0.25, -0.2) is 13.1 Å². The van der Waals surface area contributed by atoms with Crippen LogP contribution < -0.4 is 4.72 Å². The van der Waals surface area contributed by atoms with Gasteiger partial charge in [-0.3, -0.25) is 9.59 Å². The summed E-state index contributed by atoms with van der Waals surface area (Å²) in [6.07, 6.45) is 1.17. The van der Waals surface area contributed by atoms with Crippen molar-refractivity contribution in [1.29, 1.82) is 5.26 Å². The van der Waals surface area contributed by atoms with Gasteiger partial charge in [0.15, 0.2) is 0 Å². The third-order valence-electron chi connectivity index (χ3n) is 5.18. The second kappa shape index (κ2) is 8.05. The molecule has 7 nitrogen and oxygen atoms in total. The third kappa shape index (κ3) is 4.30. The zero-order valence-corrected chi connectivity index (χ0v) is 16.8. The second-order valence-electron chi connectivity index (χ2n) is 7.13. The number of sulfonamides is 1. The van der Waals surface area contributed by atoms with E-state index in [0.717, 1.165) is 5.56 Å². The fourth-order valence-corrected chi connectivity index (χ4v) is 4.37. The van der Waals surface area contributed by atoms with Crippen molar-refractivity contribution in [3.63, 3.8) is 0 Å². The van der Waals surface area contributed by atoms with Crippen LogP contribution in [0.2, 0.25) is 0 Å². The zero-order chi connectivity index (χ0) is 21.1. The van der Waals surface area contributed by atoms with Crippen LogP contribution in [0.1, 0.15) is 30.9 Å². The van der Waals surface area contributed by atoms with Gasteiger partial charge in [-0.05, 0) is 43.5 Å². The molecule has 1 aliphatic heterocycles. The number of likely N-dealkylation sites (tertiary alicyclic amines) is 1. The molecule has 1 unspecified atom stereocenters. The highest BCUT2D eigenvalue weighted by atomic mass is 32.2. The number of benzene rings is 2. The molecule has 8 heteroatoms. The van der Waals surface area contributed by atoms with Crippen molar-refractivity contribution in [3.8, 4) is 6.07 Å². The quantitative estimate of drug-likeness (QED) is 0.782. The van der Waals surface area contributed by atoms with E-state index in [1.807, 2.05) is 36.4 Å². The first-order chi connectivity index (χ1) is 13.8. The van der Waals surface area contributed by atoms with Gasteiger partial charge in [0, 0.05) is 13.0 Å². The lowest BCUT2D eigenvalue weighted by Gasteiger charge is -2.49. The molecule has 1 atom stereocenters. The number of aryl methyl sites for hydroxylation is 1. The summed E-state index contributed by atoms with van der Waals surface area (Å²) in [6.45, 7) is 1.97. The molecule has 1 N–H and O–H groups in total. The molecule has 0 bridgehead atoms. The first-order valence-corrected chi connectivity index (χ1v) is 10.7. The Balaban J connectivity index is 1.68. The standard InChI is InChI=1S/C21H21N3O4S/c1-21(12-13-24(21)19(25)11-10-16-6-3-2-4-7-16)20(26)23-29(27,28)18-9-5-8-17(14-18)15-22/h2-9,14H,10-13H2,1H3,(H,23,26). The molecule has 1 heterocycles. The number of hydrogen-bond donors (Lipinski definition) is 1. The van der Waals surface area contributed by atoms with Crippen LogP contribution >= 0.6 is 0 Å². The average Bonchev–Trinajstić information content (AvgIpc) is 2.71. The van der Waals surface area contributed by atoms with Gasteiger partial charge in [0.1, 0.15) is 5.54 Å². The fraction of sp³-hybridized carbons (Fsp3) is 0.286. The van der Waals surface area contributed by atoms with Crippen LogP contribution in [0.5, 0.6) is 0 Å². The van der Waals surface area contributed by atoms with Gasteiger partial charge in [0.25, 0.3) is 15.9 Å². The van der Waals surface area contributed by atoms with Gasteiger partial charge in [-0.15, -0.1) is 0 Å². The zero-order valence-electron chi connectivity index (χ0n) is 16.0. The first-order valence-electron chi connectivity index (χ1n) is 9.18. The fourth-order valence-electron chi connectivity index (χ4n) is 3.25. The van der Waals surface area contributed by atoms with E-state index >= 15 is 0 Å². The van der Waals surface area contributed by atoms with Crippen molar-refractivity contribution < 1.29 is 18.0 Å². The molecular weight excluding hydrogens is 390 g/mol. The summed E-state index contributed by atoms with van der Waals surface area (Å²) in [4.78, 5) is 26.6. The Kier molecular flexibility index (Phi) is 5.71. The van der Waals surface area contributed by atoms with Crippen LogP contribution in [0.3, 0.4) is 0 Å². The van der Waals surface area contributed by atoms with Crippen LogP contribution in [0, 0.1) is 11.3 Å². The number of nitrogens with zero attached hydrogens (tertiary/aromatic N) is 2. The molecule has 0 radical (unpaired) electrons. The summed E-state index contributed by atoms with van der Waals surface area (Å²) >= 11 is 0. The monoisotopic (exact) mass is 411 g/mol. The number of carbonyl (C=O) groups is 2. The smallest absolute Gasteiger partial charge is 0.264 e. The maximum atomic E-state index is 12.7. The Morgan fingerprint density at radius 1 is 1.17 bits per heavy atom. The van der Waals surface area contributed by atoms with E-state index in [2.05, 4.69) is 4.72 Å². The molecular formula is C21H21N3O4S. The summed E-state index contributed by atoms with van der Waals surface area (Å²) in [5, 5.41) is 8.94. The Hall–Kier alpha value is -3.18. The van der Waals surface area contributed by atoms with E-state index < -0.39 is 21.5 Å². The lowest BCUT2D eigenvalue weighted by molar-refractivity contribution is -0.156. The van der Waals surface area contributed by atoms with Crippen molar-refractivity contribution >= 4 is 21.8 Å². The predicted molar refractivity (Wildman–Crippen MR) is 106 cm³/mol. The van der Waals surface area contributed by atoms with Crippen molar-refractivity contribution in [2.24, 2.45) is 0 Å². The Morgan fingerprint density at radius 3 is 2.52 bits per heavy atom. The van der Waals surface area contributed by atoms with E-state index in [1.54, 1.807) is 6.92 Å². The van der Waals surface area contributed by atoms with Gasteiger partial charge in [-0.2, -0.15) is 5.26 Å². The van der Waals surface area contributed by atoms with Gasteiger partial charge in [-0.1, -0.05) is 36.4 Å². The third-order valence-corrected chi connectivity index (χ3v) is 6.51. The van der Waals surface area contributed by atoms with Gasteiger partial charge >= 0.3 is 0 Å². The topological polar surface area (TPSA) is 107 Å². The van der Waals surface area contributed by atoms with E-state index in [0.29, 0.717) is 19.4 Å². The van der Waals surface area contributed by atoms with Crippen molar-refractivity contribution in [3.05, 3.63) is 65.7 Å². The van der Waals surface area contributed by atoms with Crippen LogP contribution in [0.4, 0.5) is 0 Å². The molecule has 2 aromatic rings. The predicted octanol–water partition coefficient (Wildman–Crippen LogP) is 1.99. The number of carbonyl (C=O) groups excluding carboxylic acids is 2. The SMILES string of the molecule is CC1(C(=O)NS(=O)(=O)c2cccc(C#N)c2)CCN1C(=O)CCc1ccccc1. The average molecular weight is 411 g/mol. The van der Waals surface area contributed by atoms with Gasteiger partial charge in [0.05, 0.1) is 16.5 Å². The molecule has 150 valence electrons. The van der Waals surface area contributed by atoms with Crippen LogP contribution in [-0.2, 0) is 26.0 Å². The molecule has 1 fully saturated rings. The van der Waals surface area contributed by atoms with Crippen LogP contribution in [0.15, 0.2) is 59.5 Å². The van der Waals surface area contributed by atoms with Crippen molar-refractivity contribution in [2.45, 2.75) is 36.6 Å². The van der Waals surface area contributed by atoms with Crippen molar-refractivity contribution in [1.82, 2.24) is 9.62 Å². The molecule has 0 spiro atoms. The minimum Gasteiger partial charge on any atom is -0.328 e. The van der Waals surface area contributed by atoms with Crippen LogP contribution in [-0.4, -0.2) is 37.2 Å². The number of amides is 2. The maximum absolute atomic E-state index is 12.7. The largest absolute Gasteiger partial charge is 0.328 e. The molecule has 29 heavy (non-hydrogen) atoms. The molecule has 2 amide bonds. The molecule has 2 aromatic carbocycles. The Morgan fingerprint density at radius 2 is 1.90 bits per heavy atom. The van der Waals surface area contributed by atoms with E-state index in [4.69, 9.17) is 5.26 Å². The van der Waals surface area contributed by atoms with E-state index in [-0.39, 0.29) is 22.8 Å². The number of nitrogens with one attached hydrogen (secondary N) is 1. The summed E-state index contributed by atoms with van der Waals surface area (Å²) in [5.74, 6) is -0.944. The Labute approximate surface area is 170 Å². The highest BCUT2D eigenvalue weighted by Crippen LogP contribution is 2.32. The Bertz CT molecular complexity index is 1080. The number of rotatable bonds is 6. The van der Waals surface area contributed by atoms with E-state index in [9.17, 15) is 18.0 Å². The van der Waals surface area contributed by atoms with Crippen molar-refractivity contribution in [2.75, 3.05) is 6.54 Å². The van der Waals surface area contributed by atoms with Gasteiger partial charge < -0.3 is 4.90 Å². The second-order valence-corrected chi connectivity index (χ2v) is 8.81. The van der Waals surface area contributed by atoms with Gasteiger partial charge in [0.2, 0.25) is 5.91 Å². The lowest BCUT2D eigenvalue weighted by Crippen LogP contribution is -2.67. The minimum atomic E-state index is -4.14. The highest BCUT2D eigenvalue weighted by molar-refractivity contribution is 7.90. The maximum Gasteiger partial charge on any atom is 0.264 e. The molecule has 0 aliphatic carbocycles. The summed E-state index contributed by atoms with van der Waals surface area (Å²) in [7, 11) is -4.14. The number of nitriles is 1. The summed E-state index contributed by atoms with van der Waals surface area (Å²) in [6, 6.07) is 16.8. The normalized spacial score (nSPS) is 18.4. The van der Waals surface area contributed by atoms with E-state index in [1.165, 1.54) is 29.2 Å². The molecule has 0 aromatic heterocycles. The summed E-state index contributed by atoms with van der Waals surface area (Å²) in [5.41, 5.74) is -0.0198. The molecule has 1 aliphatic rings. The lowest BCUT2D eigenvalue weighted by atomic mass is 9.85. The molecule has 1 saturated heterocycles. The number of hydrogen-bond acceptors (Lipinski definition) is 5. The first kappa shape index (κ1) is 20.6.